The third-order valence-corrected chi connectivity index (χ3v) is 2.76. The molecule has 3 N–H and O–H groups in total. The fraction of sp³-hybridized carbons (Fsp3) is 0.500. The molecule has 0 heterocycles. The maximum absolute atomic E-state index is 13.1. The van der Waals surface area contributed by atoms with Gasteiger partial charge in [-0.3, -0.25) is 9.69 Å². The van der Waals surface area contributed by atoms with E-state index in [1.165, 1.54) is 6.07 Å². The third kappa shape index (κ3) is 5.22. The summed E-state index contributed by atoms with van der Waals surface area (Å²) in [6.45, 7) is 4.66. The fourth-order valence-corrected chi connectivity index (χ4v) is 2.01. The first kappa shape index (κ1) is 16.5. The minimum absolute atomic E-state index is 0.0128. The second kappa shape index (κ2) is 7.31. The van der Waals surface area contributed by atoms with Crippen LogP contribution in [0, 0.1) is 17.6 Å². The summed E-state index contributed by atoms with van der Waals surface area (Å²) in [5.74, 6) is -2.18. The highest BCUT2D eigenvalue weighted by Gasteiger charge is 2.17. The smallest absolute Gasteiger partial charge is 0.231 e. The summed E-state index contributed by atoms with van der Waals surface area (Å²) < 4.78 is 26.0. The first-order valence-corrected chi connectivity index (χ1v) is 6.43. The molecule has 1 atom stereocenters. The molecule has 1 rings (SSSR count). The van der Waals surface area contributed by atoms with Crippen molar-refractivity contribution in [1.29, 1.82) is 0 Å². The van der Waals surface area contributed by atoms with Crippen molar-refractivity contribution in [1.82, 2.24) is 4.90 Å². The molecule has 0 spiro atoms. The number of nitrogens with zero attached hydrogens (tertiary/aromatic N) is 1. The van der Waals surface area contributed by atoms with E-state index in [1.807, 2.05) is 13.8 Å². The van der Waals surface area contributed by atoms with Gasteiger partial charge in [0.05, 0.1) is 12.6 Å². The van der Waals surface area contributed by atoms with Gasteiger partial charge in [-0.1, -0.05) is 19.9 Å². The molecule has 4 nitrogen and oxygen atoms in total. The van der Waals surface area contributed by atoms with Crippen LogP contribution in [0.15, 0.2) is 18.2 Å². The maximum Gasteiger partial charge on any atom is 0.231 e. The predicted octanol–water partition coefficient (Wildman–Crippen LogP) is 1.44. The molecule has 0 aromatic heterocycles. The van der Waals surface area contributed by atoms with Gasteiger partial charge in [-0.25, -0.2) is 8.78 Å². The number of carbonyl (C=O) groups excluding carboxylic acids is 1. The van der Waals surface area contributed by atoms with Gasteiger partial charge in [-0.2, -0.15) is 0 Å². The second-order valence-electron chi connectivity index (χ2n) is 5.24. The number of hydrogen-bond acceptors (Lipinski definition) is 3. The molecule has 0 fully saturated rings. The highest BCUT2D eigenvalue weighted by molar-refractivity contribution is 5.75. The minimum Gasteiger partial charge on any atom is -0.387 e. The van der Waals surface area contributed by atoms with Crippen LogP contribution in [0.3, 0.4) is 0 Å². The van der Waals surface area contributed by atoms with E-state index in [-0.39, 0.29) is 24.6 Å². The van der Waals surface area contributed by atoms with Crippen LogP contribution in [0.2, 0.25) is 0 Å². The molecule has 0 aliphatic heterocycles. The van der Waals surface area contributed by atoms with Crippen LogP contribution < -0.4 is 5.73 Å². The molecule has 1 aromatic carbocycles. The molecule has 1 unspecified atom stereocenters. The molecule has 0 radical (unpaired) electrons. The first-order valence-electron chi connectivity index (χ1n) is 6.43. The molecule has 112 valence electrons. The summed E-state index contributed by atoms with van der Waals surface area (Å²) in [7, 11) is 0. The van der Waals surface area contributed by atoms with Crippen molar-refractivity contribution in [2.24, 2.45) is 11.7 Å². The predicted molar refractivity (Wildman–Crippen MR) is 71.8 cm³/mol. The SMILES string of the molecule is CC(C)CN(CC(N)=O)CC(O)c1ccc(F)c(F)c1. The van der Waals surface area contributed by atoms with E-state index < -0.39 is 23.6 Å². The largest absolute Gasteiger partial charge is 0.387 e. The van der Waals surface area contributed by atoms with Gasteiger partial charge >= 0.3 is 0 Å². The van der Waals surface area contributed by atoms with E-state index in [1.54, 1.807) is 4.90 Å². The Morgan fingerprint density at radius 2 is 1.95 bits per heavy atom. The lowest BCUT2D eigenvalue weighted by atomic mass is 10.1. The Labute approximate surface area is 117 Å². The van der Waals surface area contributed by atoms with E-state index in [0.29, 0.717) is 6.54 Å². The van der Waals surface area contributed by atoms with Gasteiger partial charge in [0.2, 0.25) is 5.91 Å². The molecule has 0 bridgehead atoms. The Balaban J connectivity index is 2.75. The number of aliphatic hydroxyl groups excluding tert-OH is 1. The monoisotopic (exact) mass is 286 g/mol. The average molecular weight is 286 g/mol. The summed E-state index contributed by atoms with van der Waals surface area (Å²) >= 11 is 0. The second-order valence-corrected chi connectivity index (χ2v) is 5.24. The number of nitrogens with two attached hydrogens (primary N) is 1. The lowest BCUT2D eigenvalue weighted by molar-refractivity contribution is -0.119. The maximum atomic E-state index is 13.1. The summed E-state index contributed by atoms with van der Waals surface area (Å²) in [5, 5.41) is 10.0. The average Bonchev–Trinajstić information content (AvgIpc) is 2.30. The van der Waals surface area contributed by atoms with Gasteiger partial charge in [-0.15, -0.1) is 0 Å². The van der Waals surface area contributed by atoms with Crippen LogP contribution in [-0.2, 0) is 4.79 Å². The van der Waals surface area contributed by atoms with E-state index in [4.69, 9.17) is 5.73 Å². The summed E-state index contributed by atoms with van der Waals surface area (Å²) in [6.07, 6.45) is -1.01. The number of halogens is 2. The van der Waals surface area contributed by atoms with Crippen molar-refractivity contribution >= 4 is 5.91 Å². The van der Waals surface area contributed by atoms with Gasteiger partial charge in [0.15, 0.2) is 11.6 Å². The van der Waals surface area contributed by atoms with Crippen LogP contribution in [0.5, 0.6) is 0 Å². The number of primary amides is 1. The van der Waals surface area contributed by atoms with Gasteiger partial charge in [-0.05, 0) is 23.6 Å². The highest BCUT2D eigenvalue weighted by Crippen LogP contribution is 2.17. The minimum atomic E-state index is -1.01. The van der Waals surface area contributed by atoms with E-state index in [0.717, 1.165) is 12.1 Å². The van der Waals surface area contributed by atoms with Gasteiger partial charge in [0.1, 0.15) is 0 Å². The Hall–Kier alpha value is -1.53. The van der Waals surface area contributed by atoms with Crippen LogP contribution >= 0.6 is 0 Å². The number of amides is 1. The van der Waals surface area contributed by atoms with E-state index >= 15 is 0 Å². The molecule has 0 aliphatic carbocycles. The van der Waals surface area contributed by atoms with Crippen molar-refractivity contribution in [3.63, 3.8) is 0 Å². The zero-order valence-electron chi connectivity index (χ0n) is 11.6. The van der Waals surface area contributed by atoms with E-state index in [9.17, 15) is 18.7 Å². The van der Waals surface area contributed by atoms with Crippen LogP contribution in [0.4, 0.5) is 8.78 Å². The molecule has 1 amide bonds. The van der Waals surface area contributed by atoms with Crippen molar-refractivity contribution in [3.05, 3.63) is 35.4 Å². The first-order chi connectivity index (χ1) is 9.29. The Morgan fingerprint density at radius 1 is 1.30 bits per heavy atom. The van der Waals surface area contributed by atoms with Crippen LogP contribution in [0.25, 0.3) is 0 Å². The van der Waals surface area contributed by atoms with Crippen molar-refractivity contribution in [3.8, 4) is 0 Å². The summed E-state index contributed by atoms with van der Waals surface area (Å²) in [5.41, 5.74) is 5.42. The topological polar surface area (TPSA) is 66.6 Å². The van der Waals surface area contributed by atoms with Gasteiger partial charge < -0.3 is 10.8 Å². The Morgan fingerprint density at radius 3 is 2.45 bits per heavy atom. The fourth-order valence-electron chi connectivity index (χ4n) is 2.01. The number of rotatable bonds is 7. The molecule has 1 aromatic rings. The zero-order chi connectivity index (χ0) is 15.3. The van der Waals surface area contributed by atoms with E-state index in [2.05, 4.69) is 0 Å². The standard InChI is InChI=1S/C14H20F2N2O2/c1-9(2)6-18(8-14(17)20)7-13(19)10-3-4-11(15)12(16)5-10/h3-5,9,13,19H,6-8H2,1-2H3,(H2,17,20). The number of benzene rings is 1. The number of carbonyl (C=O) groups is 1. The highest BCUT2D eigenvalue weighted by atomic mass is 19.2. The number of hydrogen-bond donors (Lipinski definition) is 2. The molecular formula is C14H20F2N2O2. The van der Waals surface area contributed by atoms with Crippen molar-refractivity contribution in [2.45, 2.75) is 20.0 Å². The normalized spacial score (nSPS) is 12.9. The molecule has 6 heteroatoms. The molecular weight excluding hydrogens is 266 g/mol. The Kier molecular flexibility index (Phi) is 6.04. The molecule has 0 saturated carbocycles. The zero-order valence-corrected chi connectivity index (χ0v) is 11.6. The van der Waals surface area contributed by atoms with Crippen molar-refractivity contribution in [2.75, 3.05) is 19.6 Å². The molecule has 0 aliphatic rings. The third-order valence-electron chi connectivity index (χ3n) is 2.76. The van der Waals surface area contributed by atoms with Gasteiger partial charge in [0, 0.05) is 13.1 Å². The Bertz CT molecular complexity index is 466. The van der Waals surface area contributed by atoms with Crippen molar-refractivity contribution < 1.29 is 18.7 Å². The number of aliphatic hydroxyl groups is 1. The van der Waals surface area contributed by atoms with Gasteiger partial charge in [0.25, 0.3) is 0 Å². The van der Waals surface area contributed by atoms with Crippen LogP contribution in [0.1, 0.15) is 25.5 Å². The molecule has 20 heavy (non-hydrogen) atoms. The lowest BCUT2D eigenvalue weighted by Gasteiger charge is -2.25. The molecule has 0 saturated heterocycles. The lowest BCUT2D eigenvalue weighted by Crippen LogP contribution is -2.38. The summed E-state index contributed by atoms with van der Waals surface area (Å²) in [6, 6.07) is 3.24. The summed E-state index contributed by atoms with van der Waals surface area (Å²) in [4.78, 5) is 12.7. The van der Waals surface area contributed by atoms with Crippen LogP contribution in [-0.4, -0.2) is 35.5 Å². The quantitative estimate of drug-likeness (QED) is 0.797.